The summed E-state index contributed by atoms with van der Waals surface area (Å²) in [6.07, 6.45) is 4.16. The molecule has 1 fully saturated rings. The van der Waals surface area contributed by atoms with Crippen LogP contribution in [0.5, 0.6) is 5.75 Å². The van der Waals surface area contributed by atoms with Crippen molar-refractivity contribution in [2.75, 3.05) is 46.1 Å². The van der Waals surface area contributed by atoms with Crippen LogP contribution in [0.4, 0.5) is 0 Å². The van der Waals surface area contributed by atoms with Crippen LogP contribution in [0.15, 0.2) is 29.3 Å². The Labute approximate surface area is 186 Å². The molecule has 160 valence electrons. The monoisotopic (exact) mass is 505 g/mol. The number of halogens is 1. The van der Waals surface area contributed by atoms with Gasteiger partial charge < -0.3 is 24.8 Å². The first-order chi connectivity index (χ1) is 13.3. The lowest BCUT2D eigenvalue weighted by Crippen LogP contribution is -2.38. The largest absolute Gasteiger partial charge is 0.494 e. The van der Waals surface area contributed by atoms with E-state index >= 15 is 0 Å². The van der Waals surface area contributed by atoms with E-state index in [1.165, 1.54) is 5.56 Å². The van der Waals surface area contributed by atoms with Gasteiger partial charge in [0.1, 0.15) is 5.75 Å². The van der Waals surface area contributed by atoms with Crippen molar-refractivity contribution in [3.05, 3.63) is 29.8 Å². The highest BCUT2D eigenvalue weighted by molar-refractivity contribution is 14.0. The van der Waals surface area contributed by atoms with Crippen LogP contribution in [0.25, 0.3) is 0 Å². The number of nitrogens with zero attached hydrogens (tertiary/aromatic N) is 1. The van der Waals surface area contributed by atoms with Crippen LogP contribution in [0, 0.1) is 0 Å². The lowest BCUT2D eigenvalue weighted by atomic mass is 10.1. The number of benzene rings is 1. The molecular formula is C21H36IN3O3. The highest BCUT2D eigenvalue weighted by Gasteiger charge is 2.15. The third-order valence-corrected chi connectivity index (χ3v) is 4.24. The molecule has 2 rings (SSSR count). The second kappa shape index (κ2) is 15.8. The van der Waals surface area contributed by atoms with Gasteiger partial charge in [-0.3, -0.25) is 4.99 Å². The van der Waals surface area contributed by atoms with Crippen LogP contribution in [0.3, 0.4) is 0 Å². The summed E-state index contributed by atoms with van der Waals surface area (Å²) in [5.74, 6) is 1.81. The van der Waals surface area contributed by atoms with Crippen LogP contribution in [0.2, 0.25) is 0 Å². The van der Waals surface area contributed by atoms with Gasteiger partial charge in [-0.1, -0.05) is 19.1 Å². The molecule has 6 nitrogen and oxygen atoms in total. The SMILES string of the molecule is CCCOc1cccc(CCNC(=NCCCOC2CCOC2)NCC)c1.I. The van der Waals surface area contributed by atoms with Gasteiger partial charge in [0.05, 0.1) is 19.3 Å². The highest BCUT2D eigenvalue weighted by Crippen LogP contribution is 2.13. The molecule has 1 aliphatic rings. The van der Waals surface area contributed by atoms with Crippen molar-refractivity contribution in [3.8, 4) is 5.75 Å². The first-order valence-electron chi connectivity index (χ1n) is 10.2. The van der Waals surface area contributed by atoms with Gasteiger partial charge in [0, 0.05) is 32.8 Å². The predicted molar refractivity (Wildman–Crippen MR) is 125 cm³/mol. The fourth-order valence-electron chi connectivity index (χ4n) is 2.83. The molecule has 1 saturated heterocycles. The van der Waals surface area contributed by atoms with Gasteiger partial charge in [0.15, 0.2) is 5.96 Å². The van der Waals surface area contributed by atoms with Gasteiger partial charge in [-0.2, -0.15) is 0 Å². The normalized spacial score (nSPS) is 16.5. The smallest absolute Gasteiger partial charge is 0.191 e. The molecule has 1 heterocycles. The number of ether oxygens (including phenoxy) is 3. The fraction of sp³-hybridized carbons (Fsp3) is 0.667. The average Bonchev–Trinajstić information content (AvgIpc) is 3.20. The molecule has 0 radical (unpaired) electrons. The van der Waals surface area contributed by atoms with Gasteiger partial charge in [-0.25, -0.2) is 0 Å². The third kappa shape index (κ3) is 10.5. The zero-order valence-electron chi connectivity index (χ0n) is 17.2. The van der Waals surface area contributed by atoms with Gasteiger partial charge in [-0.15, -0.1) is 24.0 Å². The Balaban J connectivity index is 0.00000392. The van der Waals surface area contributed by atoms with Crippen molar-refractivity contribution in [3.63, 3.8) is 0 Å². The van der Waals surface area contributed by atoms with E-state index in [-0.39, 0.29) is 30.1 Å². The van der Waals surface area contributed by atoms with Crippen molar-refractivity contribution in [1.29, 1.82) is 0 Å². The Morgan fingerprint density at radius 1 is 1.25 bits per heavy atom. The Morgan fingerprint density at radius 3 is 2.89 bits per heavy atom. The van der Waals surface area contributed by atoms with E-state index in [0.717, 1.165) is 83.5 Å². The Bertz CT molecular complexity index is 551. The summed E-state index contributed by atoms with van der Waals surface area (Å²) in [5, 5.41) is 6.69. The molecule has 2 N–H and O–H groups in total. The minimum absolute atomic E-state index is 0. The van der Waals surface area contributed by atoms with Crippen molar-refractivity contribution < 1.29 is 14.2 Å². The molecular weight excluding hydrogens is 469 g/mol. The number of hydrogen-bond donors (Lipinski definition) is 2. The molecule has 1 atom stereocenters. The van der Waals surface area contributed by atoms with E-state index in [1.807, 2.05) is 6.07 Å². The summed E-state index contributed by atoms with van der Waals surface area (Å²) in [6, 6.07) is 8.31. The van der Waals surface area contributed by atoms with Crippen molar-refractivity contribution in [2.45, 2.75) is 45.6 Å². The first kappa shape index (κ1) is 25.0. The predicted octanol–water partition coefficient (Wildman–Crippen LogP) is 3.39. The first-order valence-corrected chi connectivity index (χ1v) is 10.2. The Kier molecular flexibility index (Phi) is 14.1. The summed E-state index contributed by atoms with van der Waals surface area (Å²) in [7, 11) is 0. The van der Waals surface area contributed by atoms with E-state index in [9.17, 15) is 0 Å². The molecule has 1 aromatic carbocycles. The minimum Gasteiger partial charge on any atom is -0.494 e. The summed E-state index contributed by atoms with van der Waals surface area (Å²) >= 11 is 0. The third-order valence-electron chi connectivity index (χ3n) is 4.24. The summed E-state index contributed by atoms with van der Waals surface area (Å²) < 4.78 is 16.8. The Morgan fingerprint density at radius 2 is 2.14 bits per heavy atom. The maximum absolute atomic E-state index is 5.78. The fourth-order valence-corrected chi connectivity index (χ4v) is 2.83. The second-order valence-corrected chi connectivity index (χ2v) is 6.64. The summed E-state index contributed by atoms with van der Waals surface area (Å²) in [5.41, 5.74) is 1.26. The second-order valence-electron chi connectivity index (χ2n) is 6.64. The number of hydrogen-bond acceptors (Lipinski definition) is 4. The number of nitrogens with one attached hydrogen (secondary N) is 2. The molecule has 0 amide bonds. The van der Waals surface area contributed by atoms with Crippen molar-refractivity contribution in [2.24, 2.45) is 4.99 Å². The van der Waals surface area contributed by atoms with E-state index < -0.39 is 0 Å². The van der Waals surface area contributed by atoms with Gasteiger partial charge in [-0.05, 0) is 50.3 Å². The van der Waals surface area contributed by atoms with Crippen LogP contribution in [-0.2, 0) is 15.9 Å². The zero-order chi connectivity index (χ0) is 19.2. The maximum atomic E-state index is 5.78. The maximum Gasteiger partial charge on any atom is 0.191 e. The highest BCUT2D eigenvalue weighted by atomic mass is 127. The molecule has 1 aromatic rings. The molecule has 0 aliphatic carbocycles. The van der Waals surface area contributed by atoms with E-state index in [2.05, 4.69) is 47.7 Å². The van der Waals surface area contributed by atoms with E-state index in [0.29, 0.717) is 0 Å². The molecule has 0 aromatic heterocycles. The average molecular weight is 505 g/mol. The molecule has 1 unspecified atom stereocenters. The summed E-state index contributed by atoms with van der Waals surface area (Å²) in [6.45, 7) is 9.69. The minimum atomic E-state index is 0. The van der Waals surface area contributed by atoms with Gasteiger partial charge in [0.25, 0.3) is 0 Å². The molecule has 1 aliphatic heterocycles. The van der Waals surface area contributed by atoms with Crippen molar-refractivity contribution >= 4 is 29.9 Å². The van der Waals surface area contributed by atoms with Crippen LogP contribution < -0.4 is 15.4 Å². The standard InChI is InChI=1S/C21H35N3O3.HI/c1-3-13-26-19-8-5-7-18(16-19)9-12-24-21(22-4-2)23-11-6-14-27-20-10-15-25-17-20;/h5,7-8,16,20H,3-4,6,9-15,17H2,1-2H3,(H2,22,23,24);1H. The van der Waals surface area contributed by atoms with Gasteiger partial charge >= 0.3 is 0 Å². The zero-order valence-corrected chi connectivity index (χ0v) is 19.6. The number of rotatable bonds is 12. The molecule has 0 bridgehead atoms. The summed E-state index contributed by atoms with van der Waals surface area (Å²) in [4.78, 5) is 4.63. The number of guanidine groups is 1. The molecule has 0 spiro atoms. The van der Waals surface area contributed by atoms with E-state index in [1.54, 1.807) is 0 Å². The van der Waals surface area contributed by atoms with Crippen molar-refractivity contribution in [1.82, 2.24) is 10.6 Å². The quantitative estimate of drug-likeness (QED) is 0.197. The van der Waals surface area contributed by atoms with Gasteiger partial charge in [0.2, 0.25) is 0 Å². The lowest BCUT2D eigenvalue weighted by Gasteiger charge is -2.12. The van der Waals surface area contributed by atoms with E-state index in [4.69, 9.17) is 14.2 Å². The van der Waals surface area contributed by atoms with Crippen LogP contribution in [-0.4, -0.2) is 58.1 Å². The molecule has 7 heteroatoms. The molecule has 0 saturated carbocycles. The molecule has 28 heavy (non-hydrogen) atoms. The lowest BCUT2D eigenvalue weighted by molar-refractivity contribution is 0.0424. The van der Waals surface area contributed by atoms with Crippen LogP contribution in [0.1, 0.15) is 38.7 Å². The van der Waals surface area contributed by atoms with Crippen LogP contribution >= 0.6 is 24.0 Å². The Hall–Kier alpha value is -1.06. The number of aliphatic imine (C=N–C) groups is 1. The topological polar surface area (TPSA) is 64.1 Å².